The van der Waals surface area contributed by atoms with Crippen molar-refractivity contribution in [2.45, 2.75) is 109 Å². The molecule has 2 aliphatic carbocycles. The average Bonchev–Trinajstić information content (AvgIpc) is 2.53. The summed E-state index contributed by atoms with van der Waals surface area (Å²) in [6.45, 7) is 15.0. The standard InChI is InChI=1S/C21H46N2Si2/c1-22(24(3,4)5)20-13-9-18(10-14-20)17-19-11-15-21(16-12-19)23(2)25(6,7)8/h18-21H,9-17H2,1-8H3. The van der Waals surface area contributed by atoms with E-state index >= 15 is 0 Å². The van der Waals surface area contributed by atoms with Crippen LogP contribution < -0.4 is 0 Å². The molecule has 2 fully saturated rings. The van der Waals surface area contributed by atoms with Gasteiger partial charge in [-0.25, -0.2) is 0 Å². The van der Waals surface area contributed by atoms with E-state index in [1.807, 2.05) is 0 Å². The third-order valence-corrected chi connectivity index (χ3v) is 12.5. The third-order valence-electron chi connectivity index (χ3n) is 7.51. The molecule has 0 aromatic rings. The molecule has 25 heavy (non-hydrogen) atoms. The predicted octanol–water partition coefficient (Wildman–Crippen LogP) is 6.03. The quantitative estimate of drug-likeness (QED) is 0.518. The maximum atomic E-state index is 2.76. The van der Waals surface area contributed by atoms with Crippen LogP contribution in [0.1, 0.15) is 57.8 Å². The van der Waals surface area contributed by atoms with Crippen LogP contribution in [-0.2, 0) is 0 Å². The number of rotatable bonds is 6. The van der Waals surface area contributed by atoms with Gasteiger partial charge in [0.2, 0.25) is 0 Å². The van der Waals surface area contributed by atoms with Crippen LogP contribution in [0.2, 0.25) is 39.3 Å². The highest BCUT2D eigenvalue weighted by molar-refractivity contribution is 6.73. The molecule has 2 aliphatic rings. The second-order valence-corrected chi connectivity index (χ2v) is 21.2. The van der Waals surface area contributed by atoms with Crippen molar-refractivity contribution >= 4 is 16.5 Å². The van der Waals surface area contributed by atoms with Crippen molar-refractivity contribution < 1.29 is 0 Å². The summed E-state index contributed by atoms with van der Waals surface area (Å²) in [6.07, 6.45) is 13.3. The van der Waals surface area contributed by atoms with Crippen molar-refractivity contribution in [2.75, 3.05) is 14.1 Å². The fourth-order valence-electron chi connectivity index (χ4n) is 5.10. The van der Waals surface area contributed by atoms with Gasteiger partial charge in [-0.3, -0.25) is 0 Å². The van der Waals surface area contributed by atoms with Gasteiger partial charge in [0.05, 0.1) is 0 Å². The van der Waals surface area contributed by atoms with Gasteiger partial charge in [-0.1, -0.05) is 39.3 Å². The maximum absolute atomic E-state index is 2.76. The van der Waals surface area contributed by atoms with Gasteiger partial charge in [0.15, 0.2) is 0 Å². The summed E-state index contributed by atoms with van der Waals surface area (Å²) in [7, 11) is 2.56. The van der Waals surface area contributed by atoms with Crippen LogP contribution in [0.5, 0.6) is 0 Å². The summed E-state index contributed by atoms with van der Waals surface area (Å²) in [5.74, 6) is 2.06. The number of hydrogen-bond acceptors (Lipinski definition) is 2. The summed E-state index contributed by atoms with van der Waals surface area (Å²) in [5.41, 5.74) is 0. The molecule has 0 bridgehead atoms. The van der Waals surface area contributed by atoms with Crippen LogP contribution in [0.15, 0.2) is 0 Å². The first-order valence-electron chi connectivity index (χ1n) is 10.9. The van der Waals surface area contributed by atoms with E-state index in [1.54, 1.807) is 0 Å². The molecule has 0 aliphatic heterocycles. The second kappa shape index (κ2) is 8.58. The Morgan fingerprint density at radius 3 is 1.08 bits per heavy atom. The Morgan fingerprint density at radius 1 is 0.560 bits per heavy atom. The highest BCUT2D eigenvalue weighted by Gasteiger charge is 2.34. The van der Waals surface area contributed by atoms with Crippen LogP contribution in [-0.4, -0.2) is 51.8 Å². The second-order valence-electron chi connectivity index (χ2n) is 11.1. The minimum Gasteiger partial charge on any atom is -0.324 e. The van der Waals surface area contributed by atoms with Gasteiger partial charge in [0.1, 0.15) is 16.5 Å². The fourth-order valence-corrected chi connectivity index (χ4v) is 7.81. The Labute approximate surface area is 160 Å². The van der Waals surface area contributed by atoms with Crippen LogP contribution in [0.4, 0.5) is 0 Å². The van der Waals surface area contributed by atoms with Gasteiger partial charge in [-0.05, 0) is 83.7 Å². The third kappa shape index (κ3) is 6.19. The first kappa shape index (κ1) is 21.7. The molecule has 0 unspecified atom stereocenters. The summed E-state index contributed by atoms with van der Waals surface area (Å²) in [4.78, 5) is 0. The Morgan fingerprint density at radius 2 is 0.840 bits per heavy atom. The van der Waals surface area contributed by atoms with Crippen molar-refractivity contribution in [3.63, 3.8) is 0 Å². The van der Waals surface area contributed by atoms with Crippen molar-refractivity contribution in [1.82, 2.24) is 9.13 Å². The van der Waals surface area contributed by atoms with E-state index in [-0.39, 0.29) is 0 Å². The highest BCUT2D eigenvalue weighted by atomic mass is 28.3. The van der Waals surface area contributed by atoms with Gasteiger partial charge in [0.25, 0.3) is 0 Å². The Hall–Kier alpha value is 0.354. The molecular weight excluding hydrogens is 336 g/mol. The predicted molar refractivity (Wildman–Crippen MR) is 118 cm³/mol. The van der Waals surface area contributed by atoms with E-state index in [9.17, 15) is 0 Å². The first-order chi connectivity index (χ1) is 11.5. The number of hydrogen-bond donors (Lipinski definition) is 0. The lowest BCUT2D eigenvalue weighted by Gasteiger charge is -2.43. The van der Waals surface area contributed by atoms with Crippen LogP contribution in [0.25, 0.3) is 0 Å². The molecule has 2 nitrogen and oxygen atoms in total. The summed E-state index contributed by atoms with van der Waals surface area (Å²) in [6, 6.07) is 1.76. The molecule has 0 atom stereocenters. The lowest BCUT2D eigenvalue weighted by atomic mass is 9.76. The van der Waals surface area contributed by atoms with E-state index in [2.05, 4.69) is 62.5 Å². The molecular formula is C21H46N2Si2. The molecule has 0 saturated heterocycles. The molecule has 0 amide bonds. The zero-order valence-corrected chi connectivity index (χ0v) is 20.6. The molecule has 0 heterocycles. The minimum absolute atomic E-state index is 0.879. The molecule has 0 aromatic carbocycles. The van der Waals surface area contributed by atoms with Crippen LogP contribution >= 0.6 is 0 Å². The lowest BCUT2D eigenvalue weighted by Crippen LogP contribution is -2.50. The highest BCUT2D eigenvalue weighted by Crippen LogP contribution is 2.38. The van der Waals surface area contributed by atoms with Crippen molar-refractivity contribution in [2.24, 2.45) is 11.8 Å². The normalized spacial score (nSPS) is 32.4. The smallest absolute Gasteiger partial charge is 0.119 e. The minimum atomic E-state index is -1.11. The maximum Gasteiger partial charge on any atom is 0.119 e. The Bertz CT molecular complexity index is 359. The molecule has 0 radical (unpaired) electrons. The lowest BCUT2D eigenvalue weighted by molar-refractivity contribution is 0.170. The van der Waals surface area contributed by atoms with E-state index < -0.39 is 16.5 Å². The van der Waals surface area contributed by atoms with Crippen LogP contribution in [0, 0.1) is 11.8 Å². The first-order valence-corrected chi connectivity index (χ1v) is 17.8. The zero-order chi connectivity index (χ0) is 18.8. The molecule has 0 N–H and O–H groups in total. The SMILES string of the molecule is CN(C1CCC(CC2CCC(N(C)[Si](C)(C)C)CC2)CC1)[Si](C)(C)C. The summed E-state index contributed by atoms with van der Waals surface area (Å²) in [5, 5.41) is 0. The van der Waals surface area contributed by atoms with Gasteiger partial charge in [-0.15, -0.1) is 0 Å². The van der Waals surface area contributed by atoms with E-state index in [4.69, 9.17) is 0 Å². The van der Waals surface area contributed by atoms with Crippen molar-refractivity contribution in [1.29, 1.82) is 0 Å². The fraction of sp³-hybridized carbons (Fsp3) is 1.00. The molecule has 4 heteroatoms. The van der Waals surface area contributed by atoms with E-state index in [0.29, 0.717) is 0 Å². The van der Waals surface area contributed by atoms with Crippen molar-refractivity contribution in [3.05, 3.63) is 0 Å². The molecule has 0 spiro atoms. The molecule has 2 saturated carbocycles. The topological polar surface area (TPSA) is 6.48 Å². The summed E-state index contributed by atoms with van der Waals surface area (Å²) < 4.78 is 5.53. The summed E-state index contributed by atoms with van der Waals surface area (Å²) >= 11 is 0. The van der Waals surface area contributed by atoms with Gasteiger partial charge >= 0.3 is 0 Å². The van der Waals surface area contributed by atoms with Crippen LogP contribution in [0.3, 0.4) is 0 Å². The Balaban J connectivity index is 1.72. The van der Waals surface area contributed by atoms with Crippen molar-refractivity contribution in [3.8, 4) is 0 Å². The molecule has 2 rings (SSSR count). The van der Waals surface area contributed by atoms with E-state index in [1.165, 1.54) is 57.8 Å². The monoisotopic (exact) mass is 382 g/mol. The number of nitrogens with zero attached hydrogens (tertiary/aromatic N) is 2. The molecule has 0 aromatic heterocycles. The Kier molecular flexibility index (Phi) is 7.43. The largest absolute Gasteiger partial charge is 0.324 e. The zero-order valence-electron chi connectivity index (χ0n) is 18.6. The van der Waals surface area contributed by atoms with Gasteiger partial charge < -0.3 is 9.13 Å². The van der Waals surface area contributed by atoms with Gasteiger partial charge in [0, 0.05) is 12.1 Å². The van der Waals surface area contributed by atoms with E-state index in [0.717, 1.165) is 23.9 Å². The molecule has 148 valence electrons. The van der Waals surface area contributed by atoms with Gasteiger partial charge in [-0.2, -0.15) is 0 Å². The average molecular weight is 383 g/mol.